The maximum atomic E-state index is 13.3. The van der Waals surface area contributed by atoms with Gasteiger partial charge in [0.05, 0.1) is 24.7 Å². The Morgan fingerprint density at radius 3 is 2.49 bits per heavy atom. The Morgan fingerprint density at radius 2 is 1.80 bits per heavy atom. The molecule has 35 heavy (non-hydrogen) atoms. The second-order valence-electron chi connectivity index (χ2n) is 13.7. The molecule has 196 valence electrons. The van der Waals surface area contributed by atoms with Gasteiger partial charge in [-0.05, 0) is 111 Å². The number of hydrogen-bond donors (Lipinski definition) is 2. The van der Waals surface area contributed by atoms with Crippen molar-refractivity contribution in [2.45, 2.75) is 111 Å². The van der Waals surface area contributed by atoms with Crippen molar-refractivity contribution >= 4 is 5.97 Å². The molecule has 9 atom stereocenters. The number of esters is 1. The lowest BCUT2D eigenvalue weighted by Gasteiger charge is -2.60. The Balaban J connectivity index is 1.21. The van der Waals surface area contributed by atoms with Crippen molar-refractivity contribution in [3.05, 3.63) is 23.3 Å². The Hall–Kier alpha value is -1.13. The minimum Gasteiger partial charge on any atom is -0.465 e. The van der Waals surface area contributed by atoms with Gasteiger partial charge in [-0.25, -0.2) is 0 Å². The number of hydrogen-bond acceptors (Lipinski definition) is 4. The molecule has 0 aromatic rings. The van der Waals surface area contributed by atoms with Crippen LogP contribution in [-0.2, 0) is 9.53 Å². The molecule has 0 aliphatic heterocycles. The van der Waals surface area contributed by atoms with E-state index in [1.165, 1.54) is 37.7 Å². The minimum atomic E-state index is -0.423. The van der Waals surface area contributed by atoms with Gasteiger partial charge in [0.2, 0.25) is 0 Å². The van der Waals surface area contributed by atoms with Crippen LogP contribution in [0.1, 0.15) is 98.3 Å². The summed E-state index contributed by atoms with van der Waals surface area (Å²) in [5.41, 5.74) is 3.25. The maximum absolute atomic E-state index is 13.3. The molecule has 0 saturated heterocycles. The van der Waals surface area contributed by atoms with E-state index in [0.717, 1.165) is 36.7 Å². The van der Waals surface area contributed by atoms with E-state index < -0.39 is 12.2 Å². The molecule has 0 aromatic carbocycles. The minimum absolute atomic E-state index is 0.0273. The summed E-state index contributed by atoms with van der Waals surface area (Å²) in [6, 6.07) is 0. The fourth-order valence-electron chi connectivity index (χ4n) is 9.28. The zero-order valence-corrected chi connectivity index (χ0v) is 22.5. The molecular weight excluding hydrogens is 436 g/mol. The smallest absolute Gasteiger partial charge is 0.308 e. The van der Waals surface area contributed by atoms with Crippen LogP contribution in [0, 0.1) is 46.3 Å². The molecule has 1 unspecified atom stereocenters. The third kappa shape index (κ3) is 4.67. The number of rotatable bonds is 5. The van der Waals surface area contributed by atoms with E-state index in [0.29, 0.717) is 49.0 Å². The van der Waals surface area contributed by atoms with Crippen LogP contribution in [0.15, 0.2) is 23.3 Å². The van der Waals surface area contributed by atoms with Crippen molar-refractivity contribution in [3.63, 3.8) is 0 Å². The van der Waals surface area contributed by atoms with Gasteiger partial charge in [-0.1, -0.05) is 51.0 Å². The SMILES string of the molecule is C[C@H](C(=O)OC[C@H]1CC[C@H]2CC1C2(C)C)[C@H]1CC[C@H]2/C(=C/C=C3C[C@@H](O)C[C@@H](O)C3)CCC[C@]12C. The van der Waals surface area contributed by atoms with E-state index in [1.54, 1.807) is 0 Å². The van der Waals surface area contributed by atoms with Gasteiger partial charge in [0, 0.05) is 0 Å². The number of aliphatic hydroxyl groups is 2. The van der Waals surface area contributed by atoms with Crippen LogP contribution in [0.3, 0.4) is 0 Å². The fraction of sp³-hybridized carbons (Fsp3) is 0.839. The zero-order valence-electron chi connectivity index (χ0n) is 22.5. The van der Waals surface area contributed by atoms with Crippen LogP contribution in [-0.4, -0.2) is 35.0 Å². The van der Waals surface area contributed by atoms with Gasteiger partial charge in [-0.15, -0.1) is 0 Å². The molecule has 0 amide bonds. The second-order valence-corrected chi connectivity index (χ2v) is 13.7. The first-order valence-electron chi connectivity index (χ1n) is 14.5. The van der Waals surface area contributed by atoms with Crippen molar-refractivity contribution in [3.8, 4) is 0 Å². The molecule has 6 rings (SSSR count). The van der Waals surface area contributed by atoms with Crippen molar-refractivity contribution in [1.82, 2.24) is 0 Å². The normalized spacial score (nSPS) is 45.6. The average Bonchev–Trinajstić information content (AvgIpc) is 3.17. The summed E-state index contributed by atoms with van der Waals surface area (Å²) in [5, 5.41) is 20.1. The van der Waals surface area contributed by atoms with Gasteiger partial charge in [0.15, 0.2) is 0 Å². The van der Waals surface area contributed by atoms with E-state index in [2.05, 4.69) is 39.8 Å². The summed E-state index contributed by atoms with van der Waals surface area (Å²) < 4.78 is 6.03. The lowest BCUT2D eigenvalue weighted by molar-refractivity contribution is -0.162. The lowest BCUT2D eigenvalue weighted by Crippen LogP contribution is -2.53. The number of ether oxygens (including phenoxy) is 1. The number of aliphatic hydroxyl groups excluding tert-OH is 2. The summed E-state index contributed by atoms with van der Waals surface area (Å²) in [7, 11) is 0. The first-order chi connectivity index (χ1) is 16.6. The largest absolute Gasteiger partial charge is 0.465 e. The molecule has 4 heteroatoms. The third-order valence-electron chi connectivity index (χ3n) is 11.5. The van der Waals surface area contributed by atoms with Crippen LogP contribution < -0.4 is 0 Å². The number of carbonyl (C=O) groups excluding carboxylic acids is 1. The standard InChI is InChI=1S/C31H48O4/c1-19(29(34)35-18-22-9-10-23-16-28(22)30(23,2)3)26-11-12-27-21(6-5-13-31(26,27)4)8-7-20-14-24(32)17-25(33)15-20/h7-8,19,22-28,32-33H,5-6,9-18H2,1-4H3/b20-7?,21-8+/t19-,22+,23-,24-,25+,26+,27-,28?,31+/m0/s1. The highest BCUT2D eigenvalue weighted by molar-refractivity contribution is 5.72. The first kappa shape index (κ1) is 25.5. The third-order valence-corrected chi connectivity index (χ3v) is 11.5. The van der Waals surface area contributed by atoms with Gasteiger partial charge in [0.25, 0.3) is 0 Å². The van der Waals surface area contributed by atoms with Crippen LogP contribution >= 0.6 is 0 Å². The quantitative estimate of drug-likeness (QED) is 0.455. The monoisotopic (exact) mass is 484 g/mol. The maximum Gasteiger partial charge on any atom is 0.308 e. The molecule has 2 bridgehead atoms. The van der Waals surface area contributed by atoms with Crippen LogP contribution in [0.2, 0.25) is 0 Å². The molecule has 4 nitrogen and oxygen atoms in total. The van der Waals surface area contributed by atoms with Crippen molar-refractivity contribution in [1.29, 1.82) is 0 Å². The molecule has 6 fully saturated rings. The molecule has 0 spiro atoms. The van der Waals surface area contributed by atoms with Crippen molar-refractivity contribution < 1.29 is 19.7 Å². The van der Waals surface area contributed by atoms with E-state index in [1.807, 2.05) is 0 Å². The first-order valence-corrected chi connectivity index (χ1v) is 14.5. The van der Waals surface area contributed by atoms with Crippen LogP contribution in [0.5, 0.6) is 0 Å². The Labute approximate surface area is 212 Å². The summed E-state index contributed by atoms with van der Waals surface area (Å²) in [5.74, 6) is 3.04. The summed E-state index contributed by atoms with van der Waals surface area (Å²) >= 11 is 0. The Bertz CT molecular complexity index is 857. The van der Waals surface area contributed by atoms with Gasteiger partial charge < -0.3 is 14.9 Å². The second kappa shape index (κ2) is 9.63. The van der Waals surface area contributed by atoms with E-state index in [-0.39, 0.29) is 17.3 Å². The molecule has 6 aliphatic rings. The Kier molecular flexibility index (Phi) is 7.02. The van der Waals surface area contributed by atoms with Crippen LogP contribution in [0.4, 0.5) is 0 Å². The summed E-state index contributed by atoms with van der Waals surface area (Å²) in [6.45, 7) is 9.98. The number of allylic oxidation sites excluding steroid dienone is 3. The molecule has 6 saturated carbocycles. The molecule has 0 aromatic heterocycles. The Morgan fingerprint density at radius 1 is 1.06 bits per heavy atom. The summed E-state index contributed by atoms with van der Waals surface area (Å²) in [6.07, 6.45) is 15.1. The molecule has 0 radical (unpaired) electrons. The van der Waals surface area contributed by atoms with Gasteiger partial charge in [0.1, 0.15) is 0 Å². The highest BCUT2D eigenvalue weighted by Crippen LogP contribution is 2.62. The predicted molar refractivity (Wildman–Crippen MR) is 138 cm³/mol. The van der Waals surface area contributed by atoms with Crippen molar-refractivity contribution in [2.75, 3.05) is 6.61 Å². The average molecular weight is 485 g/mol. The van der Waals surface area contributed by atoms with Crippen LogP contribution in [0.25, 0.3) is 0 Å². The summed E-state index contributed by atoms with van der Waals surface area (Å²) in [4.78, 5) is 13.3. The molecule has 2 N–H and O–H groups in total. The number of fused-ring (bicyclic) bond motifs is 3. The molecular formula is C31H48O4. The number of carbonyl (C=O) groups is 1. The van der Waals surface area contributed by atoms with E-state index in [9.17, 15) is 15.0 Å². The highest BCUT2D eigenvalue weighted by atomic mass is 16.5. The van der Waals surface area contributed by atoms with Gasteiger partial charge in [-0.3, -0.25) is 4.79 Å². The highest BCUT2D eigenvalue weighted by Gasteiger charge is 2.55. The van der Waals surface area contributed by atoms with Gasteiger partial charge >= 0.3 is 5.97 Å². The molecule has 6 aliphatic carbocycles. The van der Waals surface area contributed by atoms with Crippen molar-refractivity contribution in [2.24, 2.45) is 46.3 Å². The van der Waals surface area contributed by atoms with E-state index >= 15 is 0 Å². The topological polar surface area (TPSA) is 66.8 Å². The zero-order chi connectivity index (χ0) is 25.0. The van der Waals surface area contributed by atoms with E-state index in [4.69, 9.17) is 4.74 Å². The fourth-order valence-corrected chi connectivity index (χ4v) is 9.28. The van der Waals surface area contributed by atoms with Gasteiger partial charge in [-0.2, -0.15) is 0 Å². The predicted octanol–water partition coefficient (Wildman–Crippen LogP) is 6.21. The lowest BCUT2D eigenvalue weighted by atomic mass is 9.46. The molecule has 0 heterocycles.